The summed E-state index contributed by atoms with van der Waals surface area (Å²) in [4.78, 5) is 8.67. The number of rotatable bonds is 5. The van der Waals surface area contributed by atoms with Crippen molar-refractivity contribution < 1.29 is 0 Å². The second kappa shape index (κ2) is 9.93. The van der Waals surface area contributed by atoms with Crippen molar-refractivity contribution in [1.29, 1.82) is 0 Å². The summed E-state index contributed by atoms with van der Waals surface area (Å²) in [6.45, 7) is 17.0. The molecule has 0 fully saturated rings. The number of allylic oxidation sites excluding steroid dienone is 5. The Morgan fingerprint density at radius 3 is 2.25 bits per heavy atom. The minimum atomic E-state index is 0.393. The first-order valence-electron chi connectivity index (χ1n) is 6.46. The van der Waals surface area contributed by atoms with E-state index in [0.717, 1.165) is 11.1 Å². The van der Waals surface area contributed by atoms with Gasteiger partial charge >= 0.3 is 0 Å². The van der Waals surface area contributed by atoms with Crippen molar-refractivity contribution in [2.24, 2.45) is 0 Å². The predicted molar refractivity (Wildman–Crippen MR) is 91.6 cm³/mol. The summed E-state index contributed by atoms with van der Waals surface area (Å²) in [5, 5.41) is 0.393. The number of halogens is 1. The van der Waals surface area contributed by atoms with Gasteiger partial charge in [0, 0.05) is 11.1 Å². The average molecular weight is 289 g/mol. The van der Waals surface area contributed by atoms with E-state index >= 15 is 0 Å². The molecule has 106 valence electrons. The molecular formula is C17H21ClN2. The molecule has 0 unspecified atom stereocenters. The van der Waals surface area contributed by atoms with E-state index in [1.165, 1.54) is 0 Å². The average Bonchev–Trinajstić information content (AvgIpc) is 2.48. The van der Waals surface area contributed by atoms with E-state index in [0.29, 0.717) is 16.7 Å². The molecule has 0 N–H and O–H groups in total. The van der Waals surface area contributed by atoms with Crippen LogP contribution in [0.3, 0.4) is 0 Å². The Balaban J connectivity index is 0.00000172. The van der Waals surface area contributed by atoms with Gasteiger partial charge in [0.05, 0.1) is 5.69 Å². The molecule has 0 aliphatic carbocycles. The van der Waals surface area contributed by atoms with Crippen LogP contribution in [0.15, 0.2) is 44.0 Å². The monoisotopic (exact) mass is 288 g/mol. The molecule has 2 nitrogen and oxygen atoms in total. The van der Waals surface area contributed by atoms with E-state index in [-0.39, 0.29) is 0 Å². The van der Waals surface area contributed by atoms with Crippen molar-refractivity contribution in [2.45, 2.75) is 20.8 Å². The third-order valence-corrected chi connectivity index (χ3v) is 2.52. The lowest BCUT2D eigenvalue weighted by molar-refractivity contribution is 1.10. The summed E-state index contributed by atoms with van der Waals surface area (Å²) in [5.41, 5.74) is 2.22. The molecule has 0 aliphatic rings. The van der Waals surface area contributed by atoms with Crippen molar-refractivity contribution >= 4 is 29.3 Å². The molecule has 3 heteroatoms. The van der Waals surface area contributed by atoms with Crippen LogP contribution in [0.5, 0.6) is 0 Å². The number of aromatic nitrogens is 2. The lowest BCUT2D eigenvalue weighted by Gasteiger charge is -2.07. The van der Waals surface area contributed by atoms with Crippen molar-refractivity contribution in [3.63, 3.8) is 0 Å². The highest BCUT2D eigenvalue weighted by Gasteiger charge is 2.10. The Morgan fingerprint density at radius 2 is 1.80 bits per heavy atom. The molecular weight excluding hydrogens is 268 g/mol. The normalized spacial score (nSPS) is 10.7. The Bertz CT molecular complexity index is 540. The van der Waals surface area contributed by atoms with Crippen LogP contribution in [0.25, 0.3) is 17.7 Å². The van der Waals surface area contributed by atoms with E-state index in [1.807, 2.05) is 32.9 Å². The zero-order valence-electron chi connectivity index (χ0n) is 12.4. The molecule has 1 aromatic heterocycles. The van der Waals surface area contributed by atoms with Crippen LogP contribution < -0.4 is 0 Å². The second-order valence-corrected chi connectivity index (χ2v) is 3.76. The zero-order valence-corrected chi connectivity index (χ0v) is 13.1. The van der Waals surface area contributed by atoms with Gasteiger partial charge in [-0.2, -0.15) is 0 Å². The first-order valence-corrected chi connectivity index (χ1v) is 6.83. The molecule has 0 saturated heterocycles. The minimum Gasteiger partial charge on any atom is -0.228 e. The van der Waals surface area contributed by atoms with Gasteiger partial charge in [-0.1, -0.05) is 75.6 Å². The Kier molecular flexibility index (Phi) is 8.97. The van der Waals surface area contributed by atoms with Gasteiger partial charge in [0.25, 0.3) is 0 Å². The van der Waals surface area contributed by atoms with Crippen LogP contribution in [0.1, 0.15) is 37.9 Å². The third-order valence-electron chi connectivity index (χ3n) is 2.23. The summed E-state index contributed by atoms with van der Waals surface area (Å²) in [6, 6.07) is 0. The molecule has 20 heavy (non-hydrogen) atoms. The lowest BCUT2D eigenvalue weighted by Crippen LogP contribution is -1.99. The molecule has 0 aliphatic heterocycles. The van der Waals surface area contributed by atoms with Crippen molar-refractivity contribution in [1.82, 2.24) is 9.97 Å². The van der Waals surface area contributed by atoms with Crippen molar-refractivity contribution in [3.05, 3.63) is 66.3 Å². The molecule has 0 amide bonds. The van der Waals surface area contributed by atoms with E-state index in [1.54, 1.807) is 24.3 Å². The maximum Gasteiger partial charge on any atom is 0.161 e. The highest BCUT2D eigenvalue weighted by atomic mass is 35.5. The van der Waals surface area contributed by atoms with E-state index < -0.39 is 0 Å². The number of nitrogens with zero attached hydrogens (tertiary/aromatic N) is 2. The Morgan fingerprint density at radius 1 is 1.15 bits per heavy atom. The maximum atomic E-state index is 6.16. The third kappa shape index (κ3) is 4.63. The largest absolute Gasteiger partial charge is 0.228 e. The molecule has 0 atom stereocenters. The molecule has 1 rings (SSSR count). The second-order valence-electron chi connectivity index (χ2n) is 3.40. The molecule has 0 saturated carbocycles. The highest BCUT2D eigenvalue weighted by molar-refractivity contribution is 6.31. The van der Waals surface area contributed by atoms with Gasteiger partial charge in [-0.25, -0.2) is 9.97 Å². The standard InChI is InChI=1S/C15H15ClN2.C2H6/c1-5-9-11(7-3)15-17-13(8-4)12(10-6-2)14(16)18-15;1-2/h5-10H,1,3-4H2,2H3;1-2H3/b10-6-,11-9+;. The topological polar surface area (TPSA) is 25.8 Å². The Hall–Kier alpha value is -1.93. The van der Waals surface area contributed by atoms with Crippen molar-refractivity contribution in [2.75, 3.05) is 0 Å². The van der Waals surface area contributed by atoms with E-state index in [4.69, 9.17) is 11.6 Å². The molecule has 1 aromatic rings. The van der Waals surface area contributed by atoms with Crippen LogP contribution in [0.4, 0.5) is 0 Å². The molecule has 0 bridgehead atoms. The maximum absolute atomic E-state index is 6.16. The Labute approximate surface area is 126 Å². The molecule has 0 spiro atoms. The SMILES string of the molecule is C=C/C=C(\C=C)c1nc(Cl)c(/C=C\C)c(C=C)n1.CC. The summed E-state index contributed by atoms with van der Waals surface area (Å²) >= 11 is 6.16. The molecule has 0 radical (unpaired) electrons. The van der Waals surface area contributed by atoms with Crippen LogP contribution in [0, 0.1) is 0 Å². The van der Waals surface area contributed by atoms with Gasteiger partial charge in [0.2, 0.25) is 0 Å². The van der Waals surface area contributed by atoms with Gasteiger partial charge in [-0.05, 0) is 13.0 Å². The van der Waals surface area contributed by atoms with Gasteiger partial charge in [-0.15, -0.1) is 0 Å². The molecule has 0 aromatic carbocycles. The quantitative estimate of drug-likeness (QED) is 0.521. The van der Waals surface area contributed by atoms with Crippen molar-refractivity contribution in [3.8, 4) is 0 Å². The minimum absolute atomic E-state index is 0.393. The van der Waals surface area contributed by atoms with Crippen LogP contribution in [0.2, 0.25) is 5.15 Å². The summed E-state index contributed by atoms with van der Waals surface area (Å²) in [5.74, 6) is 0.512. The van der Waals surface area contributed by atoms with Crippen LogP contribution >= 0.6 is 11.6 Å². The number of hydrogen-bond acceptors (Lipinski definition) is 2. The lowest BCUT2D eigenvalue weighted by atomic mass is 10.1. The first kappa shape index (κ1) is 18.1. The fourth-order valence-electron chi connectivity index (χ4n) is 1.42. The number of hydrogen-bond donors (Lipinski definition) is 0. The van der Waals surface area contributed by atoms with Gasteiger partial charge in [0.15, 0.2) is 5.82 Å². The fraction of sp³-hybridized carbons (Fsp3) is 0.176. The highest BCUT2D eigenvalue weighted by Crippen LogP contribution is 2.22. The van der Waals surface area contributed by atoms with Gasteiger partial charge in [-0.3, -0.25) is 0 Å². The summed E-state index contributed by atoms with van der Waals surface area (Å²) in [7, 11) is 0. The smallest absolute Gasteiger partial charge is 0.161 e. The van der Waals surface area contributed by atoms with Crippen LogP contribution in [-0.4, -0.2) is 9.97 Å². The van der Waals surface area contributed by atoms with Gasteiger partial charge < -0.3 is 0 Å². The fourth-order valence-corrected chi connectivity index (χ4v) is 1.66. The van der Waals surface area contributed by atoms with Gasteiger partial charge in [0.1, 0.15) is 5.15 Å². The first-order chi connectivity index (χ1) is 9.67. The van der Waals surface area contributed by atoms with Crippen LogP contribution in [-0.2, 0) is 0 Å². The summed E-state index contributed by atoms with van der Waals surface area (Å²) in [6.07, 6.45) is 10.5. The zero-order chi connectivity index (χ0) is 15.5. The predicted octanol–water partition coefficient (Wildman–Crippen LogP) is 5.59. The van der Waals surface area contributed by atoms with E-state index in [2.05, 4.69) is 29.7 Å². The van der Waals surface area contributed by atoms with E-state index in [9.17, 15) is 0 Å². The molecule has 1 heterocycles. The summed E-state index contributed by atoms with van der Waals surface area (Å²) < 4.78 is 0.